The summed E-state index contributed by atoms with van der Waals surface area (Å²) < 4.78 is 13.7. The van der Waals surface area contributed by atoms with Gasteiger partial charge in [-0.1, -0.05) is 25.7 Å². The highest BCUT2D eigenvalue weighted by molar-refractivity contribution is 5.38. The van der Waals surface area contributed by atoms with Gasteiger partial charge in [0.15, 0.2) is 0 Å². The van der Waals surface area contributed by atoms with Crippen LogP contribution in [-0.4, -0.2) is 24.0 Å². The number of nitrogens with zero attached hydrogens (tertiary/aromatic N) is 1. The summed E-state index contributed by atoms with van der Waals surface area (Å²) in [6, 6.07) is 5.59. The molecule has 0 bridgehead atoms. The van der Waals surface area contributed by atoms with Crippen molar-refractivity contribution in [3.63, 3.8) is 0 Å². The molecule has 3 heteroatoms. The fourth-order valence-electron chi connectivity index (χ4n) is 3.24. The maximum absolute atomic E-state index is 13.7. The number of hydrogen-bond donors (Lipinski definition) is 1. The summed E-state index contributed by atoms with van der Waals surface area (Å²) >= 11 is 0. The van der Waals surface area contributed by atoms with Crippen molar-refractivity contribution >= 4 is 0 Å². The van der Waals surface area contributed by atoms with E-state index in [2.05, 4.69) is 37.5 Å². The Morgan fingerprint density at radius 3 is 2.76 bits per heavy atom. The molecular weight excluding hydrogens is 263 g/mol. The Morgan fingerprint density at radius 1 is 1.29 bits per heavy atom. The van der Waals surface area contributed by atoms with Gasteiger partial charge in [-0.05, 0) is 48.9 Å². The monoisotopic (exact) mass is 288 g/mol. The van der Waals surface area contributed by atoms with Gasteiger partial charge in [-0.25, -0.2) is 4.39 Å². The lowest BCUT2D eigenvalue weighted by Crippen LogP contribution is -2.45. The minimum absolute atomic E-state index is 0.223. The van der Waals surface area contributed by atoms with Crippen molar-refractivity contribution in [3.05, 3.63) is 35.1 Å². The van der Waals surface area contributed by atoms with Gasteiger partial charge in [0.05, 0.1) is 6.54 Å². The second-order valence-electron chi connectivity index (χ2n) is 6.34. The number of piperidine rings is 1. The molecule has 1 aromatic carbocycles. The molecule has 2 rings (SSSR count). The van der Waals surface area contributed by atoms with E-state index in [0.717, 1.165) is 18.7 Å². The maximum Gasteiger partial charge on any atom is 0.124 e. The summed E-state index contributed by atoms with van der Waals surface area (Å²) in [6.45, 7) is 9.02. The molecule has 1 aliphatic heterocycles. The largest absolute Gasteiger partial charge is 0.320 e. The van der Waals surface area contributed by atoms with Crippen molar-refractivity contribution in [3.8, 4) is 11.8 Å². The lowest BCUT2D eigenvalue weighted by molar-refractivity contribution is 0.0729. The Morgan fingerprint density at radius 2 is 2.05 bits per heavy atom. The van der Waals surface area contributed by atoms with Gasteiger partial charge in [-0.2, -0.15) is 0 Å². The number of hydrogen-bond acceptors (Lipinski definition) is 2. The van der Waals surface area contributed by atoms with Crippen molar-refractivity contribution in [2.45, 2.75) is 39.8 Å². The first-order valence-corrected chi connectivity index (χ1v) is 7.72. The summed E-state index contributed by atoms with van der Waals surface area (Å²) in [5, 5.41) is 0. The molecule has 0 aromatic heterocycles. The van der Waals surface area contributed by atoms with Crippen LogP contribution in [0.25, 0.3) is 0 Å². The molecule has 0 radical (unpaired) electrons. The fraction of sp³-hybridized carbons (Fsp3) is 0.556. The Bertz CT molecular complexity index is 544. The van der Waals surface area contributed by atoms with Crippen LogP contribution in [0, 0.1) is 29.5 Å². The molecule has 1 aliphatic rings. The van der Waals surface area contributed by atoms with E-state index in [9.17, 15) is 4.39 Å². The van der Waals surface area contributed by atoms with Gasteiger partial charge >= 0.3 is 0 Å². The first-order valence-electron chi connectivity index (χ1n) is 7.72. The minimum Gasteiger partial charge on any atom is -0.320 e. The third kappa shape index (κ3) is 4.30. The van der Waals surface area contributed by atoms with E-state index in [1.54, 1.807) is 6.07 Å². The molecule has 0 spiro atoms. The third-order valence-corrected chi connectivity index (χ3v) is 4.40. The SMILES string of the molecule is CC1CC(C)C(C)N(Cc2cc(F)cc(C#CCN)c2)C1. The number of halogens is 1. The zero-order chi connectivity index (χ0) is 15.4. The number of rotatable bonds is 2. The topological polar surface area (TPSA) is 29.3 Å². The lowest BCUT2D eigenvalue weighted by atomic mass is 9.85. The molecule has 21 heavy (non-hydrogen) atoms. The van der Waals surface area contributed by atoms with Crippen molar-refractivity contribution in [2.24, 2.45) is 17.6 Å². The Balaban J connectivity index is 2.16. The van der Waals surface area contributed by atoms with Gasteiger partial charge in [0.2, 0.25) is 0 Å². The standard InChI is InChI=1S/C18H25FN2/c1-13-7-14(2)15(3)21(11-13)12-17-8-16(5-4-6-20)9-18(19)10-17/h8-10,13-15H,6-7,11-12,20H2,1-3H3. The first-order chi connectivity index (χ1) is 9.99. The predicted octanol–water partition coefficient (Wildman–Crippen LogP) is 3.00. The maximum atomic E-state index is 13.7. The summed E-state index contributed by atoms with van der Waals surface area (Å²) in [4.78, 5) is 2.45. The molecule has 0 saturated carbocycles. The summed E-state index contributed by atoms with van der Waals surface area (Å²) in [5.41, 5.74) is 7.07. The molecule has 114 valence electrons. The third-order valence-electron chi connectivity index (χ3n) is 4.40. The second kappa shape index (κ2) is 7.06. The first kappa shape index (κ1) is 16.0. The number of likely N-dealkylation sites (tertiary alicyclic amines) is 1. The molecule has 1 aromatic rings. The molecule has 2 N–H and O–H groups in total. The van der Waals surface area contributed by atoms with Crippen molar-refractivity contribution in [1.82, 2.24) is 4.90 Å². The molecule has 3 unspecified atom stereocenters. The van der Waals surface area contributed by atoms with Crippen LogP contribution in [0.1, 0.15) is 38.3 Å². The molecular formula is C18H25FN2. The molecule has 1 saturated heterocycles. The minimum atomic E-state index is -0.223. The summed E-state index contributed by atoms with van der Waals surface area (Å²) in [5.74, 6) is 6.85. The normalized spacial score (nSPS) is 26.2. The Kier molecular flexibility index (Phi) is 5.39. The zero-order valence-electron chi connectivity index (χ0n) is 13.2. The van der Waals surface area contributed by atoms with Crippen molar-refractivity contribution < 1.29 is 4.39 Å². The van der Waals surface area contributed by atoms with Crippen LogP contribution in [0.4, 0.5) is 4.39 Å². The van der Waals surface area contributed by atoms with E-state index in [1.165, 1.54) is 12.5 Å². The number of benzene rings is 1. The molecule has 3 atom stereocenters. The highest BCUT2D eigenvalue weighted by Gasteiger charge is 2.28. The lowest BCUT2D eigenvalue weighted by Gasteiger charge is -2.41. The van der Waals surface area contributed by atoms with E-state index in [0.29, 0.717) is 30.0 Å². The van der Waals surface area contributed by atoms with E-state index < -0.39 is 0 Å². The summed E-state index contributed by atoms with van der Waals surface area (Å²) in [6.07, 6.45) is 1.27. The molecule has 1 fully saturated rings. The van der Waals surface area contributed by atoms with Crippen molar-refractivity contribution in [1.29, 1.82) is 0 Å². The van der Waals surface area contributed by atoms with Crippen molar-refractivity contribution in [2.75, 3.05) is 13.1 Å². The predicted molar refractivity (Wildman–Crippen MR) is 85.1 cm³/mol. The summed E-state index contributed by atoms with van der Waals surface area (Å²) in [7, 11) is 0. The van der Waals surface area contributed by atoms with Crippen LogP contribution >= 0.6 is 0 Å². The Hall–Kier alpha value is -1.37. The van der Waals surface area contributed by atoms with Crippen LogP contribution in [0.3, 0.4) is 0 Å². The average molecular weight is 288 g/mol. The van der Waals surface area contributed by atoms with Gasteiger partial charge in [0.25, 0.3) is 0 Å². The van der Waals surface area contributed by atoms with Gasteiger partial charge in [0, 0.05) is 24.7 Å². The van der Waals surface area contributed by atoms with E-state index in [-0.39, 0.29) is 5.82 Å². The van der Waals surface area contributed by atoms with E-state index >= 15 is 0 Å². The van der Waals surface area contributed by atoms with Gasteiger partial charge in [0.1, 0.15) is 5.82 Å². The molecule has 2 nitrogen and oxygen atoms in total. The van der Waals surface area contributed by atoms with E-state index in [1.807, 2.05) is 6.07 Å². The Labute approximate surface area is 127 Å². The van der Waals surface area contributed by atoms with Crippen LogP contribution in [0.2, 0.25) is 0 Å². The number of nitrogens with two attached hydrogens (primary N) is 1. The van der Waals surface area contributed by atoms with Gasteiger partial charge < -0.3 is 5.73 Å². The van der Waals surface area contributed by atoms with E-state index in [4.69, 9.17) is 5.73 Å². The van der Waals surface area contributed by atoms with Gasteiger partial charge in [-0.3, -0.25) is 4.90 Å². The highest BCUT2D eigenvalue weighted by atomic mass is 19.1. The average Bonchev–Trinajstić information content (AvgIpc) is 2.41. The van der Waals surface area contributed by atoms with Crippen LogP contribution in [-0.2, 0) is 6.54 Å². The quantitative estimate of drug-likeness (QED) is 0.848. The molecule has 0 aliphatic carbocycles. The van der Waals surface area contributed by atoms with Crippen LogP contribution in [0.15, 0.2) is 18.2 Å². The smallest absolute Gasteiger partial charge is 0.124 e. The van der Waals surface area contributed by atoms with Crippen LogP contribution < -0.4 is 5.73 Å². The molecule has 0 amide bonds. The highest BCUT2D eigenvalue weighted by Crippen LogP contribution is 2.28. The van der Waals surface area contributed by atoms with Crippen LogP contribution in [0.5, 0.6) is 0 Å². The molecule has 1 heterocycles. The van der Waals surface area contributed by atoms with Gasteiger partial charge in [-0.15, -0.1) is 0 Å². The zero-order valence-corrected chi connectivity index (χ0v) is 13.2. The fourth-order valence-corrected chi connectivity index (χ4v) is 3.24. The second-order valence-corrected chi connectivity index (χ2v) is 6.34.